The highest BCUT2D eigenvalue weighted by Crippen LogP contribution is 2.25. The van der Waals surface area contributed by atoms with Gasteiger partial charge in [0.2, 0.25) is 5.91 Å². The summed E-state index contributed by atoms with van der Waals surface area (Å²) in [6.45, 7) is 6.80. The van der Waals surface area contributed by atoms with E-state index in [1.807, 2.05) is 20.9 Å². The summed E-state index contributed by atoms with van der Waals surface area (Å²) in [5.41, 5.74) is 0. The summed E-state index contributed by atoms with van der Waals surface area (Å²) in [5, 5.41) is 3.29. The lowest BCUT2D eigenvalue weighted by atomic mass is 9.82. The fourth-order valence-corrected chi connectivity index (χ4v) is 1.71. The Balaban J connectivity index is 2.15. The summed E-state index contributed by atoms with van der Waals surface area (Å²) >= 11 is 0. The molecule has 0 heterocycles. The number of carbonyl (C=O) groups is 1. The molecule has 0 aromatic heterocycles. The molecule has 82 valence electrons. The third kappa shape index (κ3) is 2.98. The van der Waals surface area contributed by atoms with Gasteiger partial charge in [-0.3, -0.25) is 4.79 Å². The molecule has 1 N–H and O–H groups in total. The molecule has 0 spiro atoms. The lowest BCUT2D eigenvalue weighted by Gasteiger charge is -2.34. The third-order valence-corrected chi connectivity index (χ3v) is 3.08. The molecule has 0 saturated heterocycles. The zero-order chi connectivity index (χ0) is 10.7. The number of nitrogens with one attached hydrogen (secondary N) is 1. The van der Waals surface area contributed by atoms with Crippen LogP contribution < -0.4 is 5.32 Å². The maximum Gasteiger partial charge on any atom is 0.236 e. The van der Waals surface area contributed by atoms with E-state index in [1.54, 1.807) is 4.90 Å². The molecular formula is C11H22N2O. The van der Waals surface area contributed by atoms with Gasteiger partial charge in [-0.15, -0.1) is 0 Å². The van der Waals surface area contributed by atoms with Crippen LogP contribution in [-0.4, -0.2) is 36.5 Å². The molecule has 1 saturated carbocycles. The monoisotopic (exact) mass is 198 g/mol. The Bertz CT molecular complexity index is 197. The van der Waals surface area contributed by atoms with Crippen LogP contribution in [0.25, 0.3) is 0 Å². The van der Waals surface area contributed by atoms with Gasteiger partial charge in [0.25, 0.3) is 0 Å². The van der Waals surface area contributed by atoms with Crippen molar-refractivity contribution in [3.63, 3.8) is 0 Å². The minimum Gasteiger partial charge on any atom is -0.342 e. The van der Waals surface area contributed by atoms with Crippen LogP contribution in [0.5, 0.6) is 0 Å². The van der Waals surface area contributed by atoms with Crippen LogP contribution in [0.1, 0.15) is 33.6 Å². The topological polar surface area (TPSA) is 32.3 Å². The molecule has 3 nitrogen and oxygen atoms in total. The first-order chi connectivity index (χ1) is 6.50. The van der Waals surface area contributed by atoms with Gasteiger partial charge < -0.3 is 10.2 Å². The van der Waals surface area contributed by atoms with Crippen molar-refractivity contribution in [2.75, 3.05) is 13.6 Å². The Labute approximate surface area is 86.9 Å². The first-order valence-corrected chi connectivity index (χ1v) is 5.49. The molecule has 0 aromatic carbocycles. The molecule has 14 heavy (non-hydrogen) atoms. The van der Waals surface area contributed by atoms with Crippen molar-refractivity contribution in [1.82, 2.24) is 10.2 Å². The molecule has 0 unspecified atom stereocenters. The minimum absolute atomic E-state index is 0.194. The van der Waals surface area contributed by atoms with Crippen molar-refractivity contribution in [2.24, 2.45) is 5.92 Å². The molecule has 0 aliphatic heterocycles. The summed E-state index contributed by atoms with van der Waals surface area (Å²) in [7, 11) is 1.86. The average molecular weight is 198 g/mol. The van der Waals surface area contributed by atoms with Crippen molar-refractivity contribution >= 4 is 5.91 Å². The van der Waals surface area contributed by atoms with Gasteiger partial charge in [0, 0.05) is 19.1 Å². The molecule has 0 radical (unpaired) electrons. The summed E-state index contributed by atoms with van der Waals surface area (Å²) in [5.74, 6) is 1.03. The number of hydrogen-bond acceptors (Lipinski definition) is 2. The van der Waals surface area contributed by atoms with Crippen LogP contribution in [0.4, 0.5) is 0 Å². The molecule has 1 aliphatic rings. The van der Waals surface area contributed by atoms with E-state index in [9.17, 15) is 4.79 Å². The van der Waals surface area contributed by atoms with E-state index in [2.05, 4.69) is 12.2 Å². The fraction of sp³-hybridized carbons (Fsp3) is 0.909. The van der Waals surface area contributed by atoms with Gasteiger partial charge in [-0.25, -0.2) is 0 Å². The first-order valence-electron chi connectivity index (χ1n) is 5.49. The van der Waals surface area contributed by atoms with Crippen LogP contribution in [0.3, 0.4) is 0 Å². The highest BCUT2D eigenvalue weighted by atomic mass is 16.2. The molecule has 0 aromatic rings. The van der Waals surface area contributed by atoms with Crippen LogP contribution >= 0.6 is 0 Å². The van der Waals surface area contributed by atoms with Gasteiger partial charge in [-0.05, 0) is 32.6 Å². The van der Waals surface area contributed by atoms with Gasteiger partial charge in [0.1, 0.15) is 0 Å². The largest absolute Gasteiger partial charge is 0.342 e. The lowest BCUT2D eigenvalue weighted by molar-refractivity contribution is -0.130. The maximum absolute atomic E-state index is 11.6. The maximum atomic E-state index is 11.6. The van der Waals surface area contributed by atoms with E-state index in [1.165, 1.54) is 12.8 Å². The Kier molecular flexibility index (Phi) is 3.93. The van der Waals surface area contributed by atoms with Crippen LogP contribution in [0.15, 0.2) is 0 Å². The van der Waals surface area contributed by atoms with Gasteiger partial charge in [0.05, 0.1) is 6.54 Å². The second kappa shape index (κ2) is 4.78. The molecule has 1 amide bonds. The van der Waals surface area contributed by atoms with E-state index in [0.717, 1.165) is 5.92 Å². The minimum atomic E-state index is 0.194. The second-order valence-corrected chi connectivity index (χ2v) is 4.75. The van der Waals surface area contributed by atoms with Crippen molar-refractivity contribution in [3.8, 4) is 0 Å². The van der Waals surface area contributed by atoms with E-state index >= 15 is 0 Å². The first kappa shape index (κ1) is 11.5. The van der Waals surface area contributed by atoms with Gasteiger partial charge in [0.15, 0.2) is 0 Å². The Morgan fingerprint density at radius 1 is 1.50 bits per heavy atom. The number of amides is 1. The van der Waals surface area contributed by atoms with E-state index in [0.29, 0.717) is 18.6 Å². The van der Waals surface area contributed by atoms with E-state index < -0.39 is 0 Å². The molecule has 1 aliphatic carbocycles. The number of rotatable bonds is 4. The van der Waals surface area contributed by atoms with Gasteiger partial charge in [-0.1, -0.05) is 6.92 Å². The molecule has 0 atom stereocenters. The number of nitrogens with zero attached hydrogens (tertiary/aromatic N) is 1. The average Bonchev–Trinajstić information content (AvgIpc) is 2.08. The summed E-state index contributed by atoms with van der Waals surface area (Å²) in [4.78, 5) is 13.4. The smallest absolute Gasteiger partial charge is 0.236 e. The Hall–Kier alpha value is -0.570. The predicted octanol–water partition coefficient (Wildman–Crippen LogP) is 1.24. The molecular weight excluding hydrogens is 176 g/mol. The summed E-state index contributed by atoms with van der Waals surface area (Å²) in [6, 6.07) is 0.874. The zero-order valence-corrected chi connectivity index (χ0v) is 9.71. The van der Waals surface area contributed by atoms with E-state index in [-0.39, 0.29) is 5.91 Å². The number of carbonyl (C=O) groups excluding carboxylic acids is 1. The van der Waals surface area contributed by atoms with Gasteiger partial charge in [-0.2, -0.15) is 0 Å². The van der Waals surface area contributed by atoms with Crippen LogP contribution in [-0.2, 0) is 4.79 Å². The third-order valence-electron chi connectivity index (χ3n) is 3.08. The quantitative estimate of drug-likeness (QED) is 0.737. The highest BCUT2D eigenvalue weighted by molar-refractivity contribution is 5.78. The Morgan fingerprint density at radius 2 is 2.07 bits per heavy atom. The molecule has 0 bridgehead atoms. The standard InChI is InChI=1S/C11H22N2O/c1-8(2)13(4)11(14)7-12-10-5-9(3)6-10/h8-10,12H,5-7H2,1-4H3. The highest BCUT2D eigenvalue weighted by Gasteiger charge is 2.25. The van der Waals surface area contributed by atoms with Crippen molar-refractivity contribution in [1.29, 1.82) is 0 Å². The summed E-state index contributed by atoms with van der Waals surface area (Å²) in [6.07, 6.45) is 2.44. The van der Waals surface area contributed by atoms with Gasteiger partial charge >= 0.3 is 0 Å². The number of likely N-dealkylation sites (N-methyl/N-ethyl adjacent to an activating group) is 1. The molecule has 3 heteroatoms. The summed E-state index contributed by atoms with van der Waals surface area (Å²) < 4.78 is 0. The zero-order valence-electron chi connectivity index (χ0n) is 9.71. The number of hydrogen-bond donors (Lipinski definition) is 1. The van der Waals surface area contributed by atoms with Crippen molar-refractivity contribution in [2.45, 2.75) is 45.7 Å². The van der Waals surface area contributed by atoms with E-state index in [4.69, 9.17) is 0 Å². The van der Waals surface area contributed by atoms with Crippen LogP contribution in [0.2, 0.25) is 0 Å². The normalized spacial score (nSPS) is 26.1. The van der Waals surface area contributed by atoms with Crippen molar-refractivity contribution in [3.05, 3.63) is 0 Å². The van der Waals surface area contributed by atoms with Crippen molar-refractivity contribution < 1.29 is 4.79 Å². The predicted molar refractivity (Wildman–Crippen MR) is 58.1 cm³/mol. The van der Waals surface area contributed by atoms with Crippen LogP contribution in [0, 0.1) is 5.92 Å². The molecule has 1 rings (SSSR count). The molecule has 1 fully saturated rings. The SMILES string of the molecule is CC1CC(NCC(=O)N(C)C(C)C)C1. The second-order valence-electron chi connectivity index (χ2n) is 4.75. The lowest BCUT2D eigenvalue weighted by Crippen LogP contribution is -2.46. The fourth-order valence-electron chi connectivity index (χ4n) is 1.71. The Morgan fingerprint density at radius 3 is 2.50 bits per heavy atom.